The topological polar surface area (TPSA) is 66.2 Å². The van der Waals surface area contributed by atoms with Crippen molar-refractivity contribution in [1.82, 2.24) is 0 Å². The van der Waals surface area contributed by atoms with Crippen LogP contribution in [0.1, 0.15) is 18.1 Å². The van der Waals surface area contributed by atoms with Crippen LogP contribution in [0.2, 0.25) is 0 Å². The summed E-state index contributed by atoms with van der Waals surface area (Å²) in [7, 11) is 0. The molecule has 2 N–H and O–H groups in total. The van der Waals surface area contributed by atoms with Crippen molar-refractivity contribution in [3.63, 3.8) is 0 Å². The van der Waals surface area contributed by atoms with Gasteiger partial charge in [0.05, 0.1) is 0 Å². The Morgan fingerprint density at radius 2 is 1.20 bits per heavy atom. The van der Waals surface area contributed by atoms with Crippen LogP contribution < -0.4 is 9.47 Å². The first-order chi connectivity index (χ1) is 9.74. The second kappa shape index (κ2) is 6.52. The van der Waals surface area contributed by atoms with E-state index in [2.05, 4.69) is 0 Å². The highest BCUT2D eigenvalue weighted by Crippen LogP contribution is 2.21. The number of hydrogen-bond donors (Lipinski definition) is 2. The Morgan fingerprint density at radius 1 is 0.800 bits per heavy atom. The van der Waals surface area contributed by atoms with Crippen molar-refractivity contribution in [3.05, 3.63) is 59.7 Å². The van der Waals surface area contributed by atoms with Gasteiger partial charge in [-0.05, 0) is 24.3 Å². The van der Waals surface area contributed by atoms with E-state index < -0.39 is 6.29 Å². The van der Waals surface area contributed by atoms with Gasteiger partial charge < -0.3 is 20.3 Å². The molecule has 0 heterocycles. The summed E-state index contributed by atoms with van der Waals surface area (Å²) in [5, 5.41) is 14.7. The Bertz CT molecular complexity index is 557. The molecule has 0 saturated carbocycles. The maximum absolute atomic E-state index is 7.34. The molecule has 0 spiro atoms. The molecule has 102 valence electrons. The molecule has 0 aromatic heterocycles. The molecule has 0 aliphatic carbocycles. The van der Waals surface area contributed by atoms with Gasteiger partial charge in [-0.15, -0.1) is 0 Å². The van der Waals surface area contributed by atoms with Crippen LogP contribution in [0, 0.1) is 10.8 Å². The minimum Gasteiger partial charge on any atom is -0.455 e. The Balaban J connectivity index is 2.11. The highest BCUT2D eigenvalue weighted by molar-refractivity contribution is 5.81. The molecular formula is C16H16N2O2. The minimum absolute atomic E-state index is 0.516. The average Bonchev–Trinajstić information content (AvgIpc) is 2.48. The van der Waals surface area contributed by atoms with Gasteiger partial charge in [0, 0.05) is 30.5 Å². The first kappa shape index (κ1) is 13.8. The third-order valence-corrected chi connectivity index (χ3v) is 2.73. The highest BCUT2D eigenvalue weighted by Gasteiger charge is 2.10. The number of hydrogen-bond acceptors (Lipinski definition) is 4. The average molecular weight is 268 g/mol. The molecule has 0 radical (unpaired) electrons. The zero-order chi connectivity index (χ0) is 14.4. The van der Waals surface area contributed by atoms with Crippen molar-refractivity contribution >= 4 is 12.4 Å². The molecule has 0 aliphatic rings. The van der Waals surface area contributed by atoms with Gasteiger partial charge in [0.15, 0.2) is 0 Å². The molecule has 4 heteroatoms. The third-order valence-electron chi connectivity index (χ3n) is 2.73. The zero-order valence-electron chi connectivity index (χ0n) is 11.2. The zero-order valence-corrected chi connectivity index (χ0v) is 11.2. The summed E-state index contributed by atoms with van der Waals surface area (Å²) in [6.45, 7) is 1.78. The highest BCUT2D eigenvalue weighted by atomic mass is 16.7. The third kappa shape index (κ3) is 3.23. The van der Waals surface area contributed by atoms with Gasteiger partial charge in [-0.2, -0.15) is 0 Å². The van der Waals surface area contributed by atoms with E-state index in [9.17, 15) is 0 Å². The van der Waals surface area contributed by atoms with E-state index in [1.807, 2.05) is 24.3 Å². The summed E-state index contributed by atoms with van der Waals surface area (Å²) in [4.78, 5) is 0. The summed E-state index contributed by atoms with van der Waals surface area (Å²) in [5.41, 5.74) is 1.39. The molecule has 0 amide bonds. The molecule has 2 aromatic rings. The van der Waals surface area contributed by atoms with E-state index in [4.69, 9.17) is 20.3 Å². The summed E-state index contributed by atoms with van der Waals surface area (Å²) in [5.74, 6) is 1.20. The maximum atomic E-state index is 7.34. The van der Waals surface area contributed by atoms with Crippen LogP contribution in [-0.4, -0.2) is 18.7 Å². The fourth-order valence-electron chi connectivity index (χ4n) is 1.80. The van der Waals surface area contributed by atoms with Gasteiger partial charge in [0.2, 0.25) is 6.29 Å². The van der Waals surface area contributed by atoms with Crippen LogP contribution in [-0.2, 0) is 0 Å². The number of nitrogens with one attached hydrogen (secondary N) is 2. The standard InChI is InChI=1S/C16H16N2O2/c1-12(19-15-8-4-2-6-13(15)10-17)20-16-9-5-3-7-14(16)11-18/h2-12,17-18H,1H3. The Kier molecular flexibility index (Phi) is 4.50. The van der Waals surface area contributed by atoms with E-state index in [1.54, 1.807) is 31.2 Å². The predicted molar refractivity (Wildman–Crippen MR) is 79.4 cm³/mol. The van der Waals surface area contributed by atoms with Crippen LogP contribution in [0.15, 0.2) is 48.5 Å². The normalized spacial score (nSPS) is 11.4. The second-order valence-electron chi connectivity index (χ2n) is 4.17. The van der Waals surface area contributed by atoms with E-state index in [0.29, 0.717) is 22.6 Å². The lowest BCUT2D eigenvalue weighted by Crippen LogP contribution is -2.20. The number of para-hydroxylation sites is 2. The lowest BCUT2D eigenvalue weighted by Gasteiger charge is -2.18. The maximum Gasteiger partial charge on any atom is 0.238 e. The Hall–Kier alpha value is -2.62. The van der Waals surface area contributed by atoms with E-state index in [-0.39, 0.29) is 0 Å². The van der Waals surface area contributed by atoms with Gasteiger partial charge in [0.25, 0.3) is 0 Å². The molecule has 2 aromatic carbocycles. The van der Waals surface area contributed by atoms with Crippen molar-refractivity contribution in [2.24, 2.45) is 0 Å². The second-order valence-corrected chi connectivity index (χ2v) is 4.17. The Morgan fingerprint density at radius 3 is 1.60 bits per heavy atom. The molecule has 2 rings (SSSR count). The summed E-state index contributed by atoms with van der Waals surface area (Å²) in [6.07, 6.45) is 1.97. The summed E-state index contributed by atoms with van der Waals surface area (Å²) >= 11 is 0. The number of benzene rings is 2. The molecule has 0 bridgehead atoms. The number of rotatable bonds is 6. The van der Waals surface area contributed by atoms with Gasteiger partial charge in [0.1, 0.15) is 11.5 Å². The van der Waals surface area contributed by atoms with E-state index in [1.165, 1.54) is 12.4 Å². The van der Waals surface area contributed by atoms with Gasteiger partial charge >= 0.3 is 0 Å². The first-order valence-electron chi connectivity index (χ1n) is 6.27. The SMILES string of the molecule is CC(Oc1ccccc1C=N)Oc1ccccc1C=N. The minimum atomic E-state index is -0.516. The van der Waals surface area contributed by atoms with E-state index >= 15 is 0 Å². The summed E-state index contributed by atoms with van der Waals surface area (Å²) < 4.78 is 11.4. The lowest BCUT2D eigenvalue weighted by molar-refractivity contribution is 0.0221. The Labute approximate surface area is 118 Å². The fraction of sp³-hybridized carbons (Fsp3) is 0.125. The first-order valence-corrected chi connectivity index (χ1v) is 6.27. The smallest absolute Gasteiger partial charge is 0.238 e. The molecular weight excluding hydrogens is 252 g/mol. The molecule has 0 unspecified atom stereocenters. The van der Waals surface area contributed by atoms with Gasteiger partial charge in [-0.25, -0.2) is 0 Å². The van der Waals surface area contributed by atoms with Crippen LogP contribution in [0.4, 0.5) is 0 Å². The lowest BCUT2D eigenvalue weighted by atomic mass is 10.2. The molecule has 0 fully saturated rings. The van der Waals surface area contributed by atoms with Gasteiger partial charge in [-0.3, -0.25) is 0 Å². The molecule has 20 heavy (non-hydrogen) atoms. The summed E-state index contributed by atoms with van der Waals surface area (Å²) in [6, 6.07) is 14.6. The van der Waals surface area contributed by atoms with Crippen molar-refractivity contribution in [3.8, 4) is 11.5 Å². The molecule has 0 saturated heterocycles. The van der Waals surface area contributed by atoms with Crippen LogP contribution in [0.5, 0.6) is 11.5 Å². The molecule has 4 nitrogen and oxygen atoms in total. The quantitative estimate of drug-likeness (QED) is 0.622. The van der Waals surface area contributed by atoms with Crippen LogP contribution >= 0.6 is 0 Å². The van der Waals surface area contributed by atoms with E-state index in [0.717, 1.165) is 0 Å². The van der Waals surface area contributed by atoms with Crippen molar-refractivity contribution < 1.29 is 9.47 Å². The largest absolute Gasteiger partial charge is 0.455 e. The fourth-order valence-corrected chi connectivity index (χ4v) is 1.80. The van der Waals surface area contributed by atoms with Crippen molar-refractivity contribution in [2.75, 3.05) is 0 Å². The molecule has 0 atom stereocenters. The van der Waals surface area contributed by atoms with Crippen LogP contribution in [0.25, 0.3) is 0 Å². The monoisotopic (exact) mass is 268 g/mol. The molecule has 0 aliphatic heterocycles. The van der Waals surface area contributed by atoms with Crippen LogP contribution in [0.3, 0.4) is 0 Å². The van der Waals surface area contributed by atoms with Crippen molar-refractivity contribution in [1.29, 1.82) is 10.8 Å². The number of ether oxygens (including phenoxy) is 2. The predicted octanol–water partition coefficient (Wildman–Crippen LogP) is 3.49. The van der Waals surface area contributed by atoms with Crippen molar-refractivity contribution in [2.45, 2.75) is 13.2 Å². The van der Waals surface area contributed by atoms with Gasteiger partial charge in [-0.1, -0.05) is 24.3 Å².